The van der Waals surface area contributed by atoms with E-state index in [9.17, 15) is 0 Å². The summed E-state index contributed by atoms with van der Waals surface area (Å²) in [5.74, 6) is 0. The first-order valence-electron chi connectivity index (χ1n) is 1.82. The maximum atomic E-state index is 9.08. The van der Waals surface area contributed by atoms with Crippen molar-refractivity contribution < 1.29 is 48.5 Å². The fourth-order valence-electron chi connectivity index (χ4n) is 0. The first-order chi connectivity index (χ1) is 4.00. The van der Waals surface area contributed by atoms with Crippen molar-refractivity contribution >= 4 is 20.2 Å². The van der Waals surface area contributed by atoms with Gasteiger partial charge in [0.25, 0.3) is 0 Å². The normalized spacial score (nSPS) is 9.67. The molecule has 0 rings (SSSR count). The summed E-state index contributed by atoms with van der Waals surface area (Å²) in [7, 11) is -7.83. The summed E-state index contributed by atoms with van der Waals surface area (Å²) < 4.78 is 54.5. The molecule has 12 heavy (non-hydrogen) atoms. The van der Waals surface area contributed by atoms with Gasteiger partial charge in [-0.15, -0.1) is 0 Å². The quantitative estimate of drug-likeness (QED) is 0.351. The van der Waals surface area contributed by atoms with Gasteiger partial charge in [0.1, 0.15) is 0 Å². The van der Waals surface area contributed by atoms with Gasteiger partial charge in [-0.25, -0.2) is 16.8 Å². The Kier molecular flexibility index (Phi) is 15.1. The van der Waals surface area contributed by atoms with E-state index in [1.165, 1.54) is 0 Å². The fourth-order valence-corrected chi connectivity index (χ4v) is 0. The maximum absolute atomic E-state index is 9.08. The molecule has 0 atom stereocenters. The van der Waals surface area contributed by atoms with Gasteiger partial charge >= 0.3 is 17.1 Å². The molecule has 81 valence electrons. The van der Waals surface area contributed by atoms with Gasteiger partial charge in [0.15, 0.2) is 0 Å². The van der Waals surface area contributed by atoms with E-state index in [-0.39, 0.29) is 22.5 Å². The topological polar surface area (TPSA) is 146 Å². The SMILES string of the molecule is CS(=O)(=O)[O-].CS(=O)(=O)[O-].O.[Cu+2]. The molecule has 1 radical (unpaired) electrons. The molecule has 2 N–H and O–H groups in total. The zero-order valence-electron chi connectivity index (χ0n) is 6.07. The first kappa shape index (κ1) is 22.8. The monoisotopic (exact) mass is 271 g/mol. The predicted molar refractivity (Wildman–Crippen MR) is 34.9 cm³/mol. The summed E-state index contributed by atoms with van der Waals surface area (Å²) in [4.78, 5) is 0. The molecule has 0 bridgehead atoms. The van der Waals surface area contributed by atoms with Crippen LogP contribution in [0.5, 0.6) is 0 Å². The zero-order chi connectivity index (χ0) is 9.00. The summed E-state index contributed by atoms with van der Waals surface area (Å²) in [6, 6.07) is 0. The molecule has 0 aliphatic rings. The minimum absolute atomic E-state index is 0. The second-order valence-electron chi connectivity index (χ2n) is 1.41. The molecule has 0 heterocycles. The van der Waals surface area contributed by atoms with Gasteiger partial charge in [0, 0.05) is 12.5 Å². The Bertz CT molecular complexity index is 216. The van der Waals surface area contributed by atoms with Gasteiger partial charge in [0.2, 0.25) is 0 Å². The van der Waals surface area contributed by atoms with Crippen LogP contribution in [0.3, 0.4) is 0 Å². The Morgan fingerprint density at radius 3 is 0.833 bits per heavy atom. The second kappa shape index (κ2) is 7.92. The van der Waals surface area contributed by atoms with Crippen molar-refractivity contribution in [3.8, 4) is 0 Å². The van der Waals surface area contributed by atoms with E-state index >= 15 is 0 Å². The Balaban J connectivity index is -0.0000000457. The standard InChI is InChI=1S/2CH4O3S.Cu.H2O/c2*1-5(2,3)4;;/h2*1H3,(H,2,3,4);;1H2/q;;+2;/p-2. The van der Waals surface area contributed by atoms with Crippen molar-refractivity contribution in [3.05, 3.63) is 0 Å². The second-order valence-corrected chi connectivity index (χ2v) is 4.22. The first-order valence-corrected chi connectivity index (χ1v) is 5.45. The zero-order valence-corrected chi connectivity index (χ0v) is 8.64. The van der Waals surface area contributed by atoms with Gasteiger partial charge in [-0.05, 0) is 0 Å². The van der Waals surface area contributed by atoms with Crippen molar-refractivity contribution in [1.29, 1.82) is 0 Å². The third-order valence-electron chi connectivity index (χ3n) is 0. The van der Waals surface area contributed by atoms with Crippen molar-refractivity contribution in [1.82, 2.24) is 0 Å². The molecule has 0 unspecified atom stereocenters. The average Bonchev–Trinajstić information content (AvgIpc) is 1.12. The molecule has 0 aromatic carbocycles. The van der Waals surface area contributed by atoms with Crippen LogP contribution in [-0.4, -0.2) is 43.9 Å². The van der Waals surface area contributed by atoms with Crippen LogP contribution in [0.2, 0.25) is 0 Å². The van der Waals surface area contributed by atoms with E-state index in [1.54, 1.807) is 0 Å². The largest absolute Gasteiger partial charge is 2.00 e. The van der Waals surface area contributed by atoms with E-state index in [4.69, 9.17) is 25.9 Å². The van der Waals surface area contributed by atoms with Crippen LogP contribution in [0.4, 0.5) is 0 Å². The molecule has 10 heteroatoms. The summed E-state index contributed by atoms with van der Waals surface area (Å²) in [6.45, 7) is 0. The molecule has 0 aliphatic carbocycles. The molecule has 0 fully saturated rings. The van der Waals surface area contributed by atoms with Crippen LogP contribution in [-0.2, 0) is 37.3 Å². The summed E-state index contributed by atoms with van der Waals surface area (Å²) in [6.07, 6.45) is 1.21. The van der Waals surface area contributed by atoms with Gasteiger partial charge in [-0.1, -0.05) is 0 Å². The van der Waals surface area contributed by atoms with Gasteiger partial charge in [0.05, 0.1) is 20.2 Å². The van der Waals surface area contributed by atoms with Gasteiger partial charge < -0.3 is 14.6 Å². The molecule has 0 aliphatic heterocycles. The van der Waals surface area contributed by atoms with Crippen molar-refractivity contribution in [3.63, 3.8) is 0 Å². The van der Waals surface area contributed by atoms with Crippen LogP contribution in [0, 0.1) is 0 Å². The maximum Gasteiger partial charge on any atom is 2.00 e. The van der Waals surface area contributed by atoms with E-state index in [1.807, 2.05) is 0 Å². The van der Waals surface area contributed by atoms with E-state index < -0.39 is 20.2 Å². The summed E-state index contributed by atoms with van der Waals surface area (Å²) in [5, 5.41) is 0. The van der Waals surface area contributed by atoms with Gasteiger partial charge in [-0.2, -0.15) is 0 Å². The summed E-state index contributed by atoms with van der Waals surface area (Å²) in [5.41, 5.74) is 0. The van der Waals surface area contributed by atoms with E-state index in [2.05, 4.69) is 0 Å². The molecule has 0 aromatic heterocycles. The van der Waals surface area contributed by atoms with Crippen LogP contribution in [0.1, 0.15) is 0 Å². The van der Waals surface area contributed by atoms with Crippen LogP contribution in [0.15, 0.2) is 0 Å². The summed E-state index contributed by atoms with van der Waals surface area (Å²) >= 11 is 0. The van der Waals surface area contributed by atoms with Crippen LogP contribution in [0.25, 0.3) is 0 Å². The van der Waals surface area contributed by atoms with Crippen LogP contribution < -0.4 is 0 Å². The smallest absolute Gasteiger partial charge is 0.748 e. The molecule has 7 nitrogen and oxygen atoms in total. The Morgan fingerprint density at radius 1 is 0.833 bits per heavy atom. The molecule has 0 saturated carbocycles. The van der Waals surface area contributed by atoms with Crippen LogP contribution >= 0.6 is 0 Å². The number of hydrogen-bond acceptors (Lipinski definition) is 6. The number of hydrogen-bond donors (Lipinski definition) is 0. The molecular weight excluding hydrogens is 264 g/mol. The number of rotatable bonds is 0. The van der Waals surface area contributed by atoms with Crippen molar-refractivity contribution in [2.24, 2.45) is 0 Å². The molecule has 0 aromatic rings. The van der Waals surface area contributed by atoms with Crippen molar-refractivity contribution in [2.45, 2.75) is 0 Å². The fraction of sp³-hybridized carbons (Fsp3) is 1.00. The van der Waals surface area contributed by atoms with E-state index in [0.29, 0.717) is 12.5 Å². The minimum atomic E-state index is -3.92. The van der Waals surface area contributed by atoms with E-state index in [0.717, 1.165) is 0 Å². The Hall–Kier alpha value is 0.299. The molecule has 0 amide bonds. The third-order valence-corrected chi connectivity index (χ3v) is 0. The molecular formula is C2H8CuO7S2. The van der Waals surface area contributed by atoms with Crippen molar-refractivity contribution in [2.75, 3.05) is 12.5 Å². The Morgan fingerprint density at radius 2 is 0.833 bits per heavy atom. The minimum Gasteiger partial charge on any atom is -0.748 e. The predicted octanol–water partition coefficient (Wildman–Crippen LogP) is -2.50. The molecule has 0 spiro atoms. The van der Waals surface area contributed by atoms with Gasteiger partial charge in [-0.3, -0.25) is 0 Å². The molecule has 0 saturated heterocycles. The Labute approximate surface area is 81.4 Å². The average molecular weight is 272 g/mol. The third kappa shape index (κ3) is 9930.